The summed E-state index contributed by atoms with van der Waals surface area (Å²) in [6, 6.07) is 9.74. The average Bonchev–Trinajstić information content (AvgIpc) is 2.63. The van der Waals surface area contributed by atoms with Gasteiger partial charge in [-0.25, -0.2) is 0 Å². The maximum atomic E-state index is 12.2. The molecular formula is C20H24BrClN2O3. The lowest BCUT2D eigenvalue weighted by Gasteiger charge is -2.40. The number of methoxy groups -OCH3 is 2. The number of likely N-dealkylation sites (tertiary alicyclic amines) is 1. The number of hydrogen-bond donors (Lipinski definition) is 1. The molecule has 2 aliphatic heterocycles. The number of nitrogens with one attached hydrogen (secondary N) is 1. The highest BCUT2D eigenvalue weighted by Crippen LogP contribution is 2.33. The molecule has 1 aromatic heterocycles. The quantitative estimate of drug-likeness (QED) is 0.632. The van der Waals surface area contributed by atoms with Crippen LogP contribution in [0.3, 0.4) is 0 Å². The van der Waals surface area contributed by atoms with Gasteiger partial charge < -0.3 is 31.3 Å². The van der Waals surface area contributed by atoms with Crippen molar-refractivity contribution in [2.75, 3.05) is 27.3 Å². The lowest BCUT2D eigenvalue weighted by molar-refractivity contribution is -0.924. The Labute approximate surface area is 173 Å². The number of halogens is 2. The molecule has 27 heavy (non-hydrogen) atoms. The fourth-order valence-electron chi connectivity index (χ4n) is 4.59. The second-order valence-electron chi connectivity index (χ2n) is 7.33. The topological polar surface area (TPSA) is 44.9 Å². The zero-order valence-corrected chi connectivity index (χ0v) is 17.8. The van der Waals surface area contributed by atoms with E-state index in [1.807, 2.05) is 16.7 Å². The second-order valence-corrected chi connectivity index (χ2v) is 8.19. The molecule has 1 saturated heterocycles. The van der Waals surface area contributed by atoms with Gasteiger partial charge in [0.1, 0.15) is 18.0 Å². The van der Waals surface area contributed by atoms with Crippen LogP contribution in [0.5, 0.6) is 11.5 Å². The summed E-state index contributed by atoms with van der Waals surface area (Å²) in [5.41, 5.74) is 2.52. The van der Waals surface area contributed by atoms with E-state index < -0.39 is 0 Å². The van der Waals surface area contributed by atoms with E-state index in [1.165, 1.54) is 17.7 Å². The third kappa shape index (κ3) is 3.89. The summed E-state index contributed by atoms with van der Waals surface area (Å²) >= 11 is 3.59. The van der Waals surface area contributed by atoms with Crippen LogP contribution < -0.4 is 32.3 Å². The van der Waals surface area contributed by atoms with Gasteiger partial charge >= 0.3 is 0 Å². The number of benzene rings is 1. The van der Waals surface area contributed by atoms with Gasteiger partial charge in [-0.05, 0) is 34.5 Å². The minimum atomic E-state index is 0. The summed E-state index contributed by atoms with van der Waals surface area (Å²) in [4.78, 5) is 13.7. The highest BCUT2D eigenvalue weighted by atomic mass is 79.9. The molecule has 2 aliphatic rings. The van der Waals surface area contributed by atoms with Gasteiger partial charge in [-0.2, -0.15) is 0 Å². The third-order valence-corrected chi connectivity index (χ3v) is 6.29. The predicted molar refractivity (Wildman–Crippen MR) is 103 cm³/mol. The second kappa shape index (κ2) is 8.25. The van der Waals surface area contributed by atoms with Crippen molar-refractivity contribution >= 4 is 15.9 Å². The highest BCUT2D eigenvalue weighted by Gasteiger charge is 2.37. The van der Waals surface area contributed by atoms with Crippen molar-refractivity contribution in [3.05, 3.63) is 56.4 Å². The van der Waals surface area contributed by atoms with E-state index in [4.69, 9.17) is 9.47 Å². The van der Waals surface area contributed by atoms with Crippen molar-refractivity contribution in [2.24, 2.45) is 5.92 Å². The molecule has 2 aromatic rings. The van der Waals surface area contributed by atoms with Crippen LogP contribution >= 0.6 is 15.9 Å². The molecular weight excluding hydrogens is 432 g/mol. The van der Waals surface area contributed by atoms with E-state index in [0.717, 1.165) is 42.2 Å². The number of fused-ring (bicyclic) bond motifs is 4. The minimum absolute atomic E-state index is 0. The van der Waals surface area contributed by atoms with Crippen LogP contribution in [0.15, 0.2) is 39.6 Å². The predicted octanol–water partition coefficient (Wildman–Crippen LogP) is -1.17. The monoisotopic (exact) mass is 454 g/mol. The summed E-state index contributed by atoms with van der Waals surface area (Å²) in [6.45, 7) is 3.89. The van der Waals surface area contributed by atoms with Gasteiger partial charge in [0.15, 0.2) is 0 Å². The summed E-state index contributed by atoms with van der Waals surface area (Å²) < 4.78 is 13.9. The van der Waals surface area contributed by atoms with Gasteiger partial charge in [-0.1, -0.05) is 6.07 Å². The van der Waals surface area contributed by atoms with Crippen molar-refractivity contribution in [2.45, 2.75) is 25.4 Å². The zero-order valence-electron chi connectivity index (χ0n) is 15.5. The van der Waals surface area contributed by atoms with E-state index in [0.29, 0.717) is 11.8 Å². The fraction of sp³-hybridized carbons (Fsp3) is 0.450. The first-order valence-corrected chi connectivity index (χ1v) is 9.82. The van der Waals surface area contributed by atoms with E-state index in [1.54, 1.807) is 25.2 Å². The normalized spacial score (nSPS) is 23.1. The molecule has 5 nitrogen and oxygen atoms in total. The largest absolute Gasteiger partial charge is 1.00 e. The Kier molecular flexibility index (Phi) is 6.18. The first-order chi connectivity index (χ1) is 12.6. The van der Waals surface area contributed by atoms with Crippen molar-refractivity contribution in [3.63, 3.8) is 0 Å². The molecule has 1 N–H and O–H groups in total. The maximum absolute atomic E-state index is 12.2. The van der Waals surface area contributed by atoms with Crippen LogP contribution in [0.4, 0.5) is 0 Å². The highest BCUT2D eigenvalue weighted by molar-refractivity contribution is 9.10. The smallest absolute Gasteiger partial charge is 0.250 e. The lowest BCUT2D eigenvalue weighted by Crippen LogP contribution is -3.13. The lowest BCUT2D eigenvalue weighted by atomic mass is 9.83. The molecule has 0 spiro atoms. The number of quaternary nitrogens is 1. The van der Waals surface area contributed by atoms with E-state index in [9.17, 15) is 4.79 Å². The van der Waals surface area contributed by atoms with Crippen LogP contribution in [0.2, 0.25) is 0 Å². The number of hydrogen-bond acceptors (Lipinski definition) is 3. The van der Waals surface area contributed by atoms with Gasteiger partial charge in [0.05, 0.1) is 31.8 Å². The molecule has 4 rings (SSSR count). The Morgan fingerprint density at radius 1 is 1.19 bits per heavy atom. The molecule has 3 heterocycles. The molecule has 0 radical (unpaired) electrons. The Morgan fingerprint density at radius 2 is 1.96 bits per heavy atom. The van der Waals surface area contributed by atoms with Gasteiger partial charge in [0.25, 0.3) is 5.56 Å². The first kappa shape index (κ1) is 20.2. The standard InChI is InChI=1S/C20H23BrN2O3.ClH/c1-25-18-8-19(26-2)16(21)7-15(18)12-22-9-13-6-14(11-22)17-4-3-5-20(24)23(17)10-13;/h3-5,7-8,13-14H,6,9-12H2,1-2H3;1H/t13-,14+;/m0./s1. The molecule has 2 bridgehead atoms. The summed E-state index contributed by atoms with van der Waals surface area (Å²) in [5, 5.41) is 0. The number of ether oxygens (including phenoxy) is 2. The minimum Gasteiger partial charge on any atom is -1.00 e. The SMILES string of the molecule is COc1cc(OC)c(C[NH+]2C[C@@H]3C[C@H](C2)c2cccc(=O)n2C3)cc1Br.[Cl-]. The Hall–Kier alpha value is -1.50. The molecule has 0 saturated carbocycles. The number of nitrogens with zero attached hydrogens (tertiary/aromatic N) is 1. The molecule has 3 atom stereocenters. The van der Waals surface area contributed by atoms with Crippen molar-refractivity contribution in [1.29, 1.82) is 0 Å². The van der Waals surface area contributed by atoms with Crippen LogP contribution in [0.25, 0.3) is 0 Å². The van der Waals surface area contributed by atoms with Crippen molar-refractivity contribution in [3.8, 4) is 11.5 Å². The molecule has 0 aliphatic carbocycles. The van der Waals surface area contributed by atoms with Crippen molar-refractivity contribution < 1.29 is 26.8 Å². The van der Waals surface area contributed by atoms with Crippen LogP contribution in [0, 0.1) is 5.92 Å². The fourth-order valence-corrected chi connectivity index (χ4v) is 5.15. The number of piperidine rings is 1. The maximum Gasteiger partial charge on any atom is 0.250 e. The summed E-state index contributed by atoms with van der Waals surface area (Å²) in [6.07, 6.45) is 1.19. The van der Waals surface area contributed by atoms with Gasteiger partial charge in [-0.3, -0.25) is 4.79 Å². The number of rotatable bonds is 4. The van der Waals surface area contributed by atoms with Gasteiger partial charge in [0.2, 0.25) is 0 Å². The van der Waals surface area contributed by atoms with Crippen LogP contribution in [-0.4, -0.2) is 31.9 Å². The Morgan fingerprint density at radius 3 is 2.70 bits per heavy atom. The van der Waals surface area contributed by atoms with Crippen LogP contribution in [0.1, 0.15) is 23.6 Å². The molecule has 1 aromatic carbocycles. The molecule has 146 valence electrons. The molecule has 0 amide bonds. The van der Waals surface area contributed by atoms with Gasteiger partial charge in [-0.15, -0.1) is 0 Å². The van der Waals surface area contributed by atoms with E-state index in [-0.39, 0.29) is 18.0 Å². The summed E-state index contributed by atoms with van der Waals surface area (Å²) in [5.74, 6) is 2.66. The van der Waals surface area contributed by atoms with E-state index in [2.05, 4.69) is 28.1 Å². The van der Waals surface area contributed by atoms with Crippen molar-refractivity contribution in [1.82, 2.24) is 4.57 Å². The third-order valence-electron chi connectivity index (χ3n) is 5.67. The number of aromatic nitrogens is 1. The zero-order chi connectivity index (χ0) is 18.3. The average molecular weight is 456 g/mol. The van der Waals surface area contributed by atoms with Gasteiger partial charge in [0, 0.05) is 41.8 Å². The molecule has 1 unspecified atom stereocenters. The number of pyridine rings is 1. The first-order valence-electron chi connectivity index (χ1n) is 9.02. The van der Waals surface area contributed by atoms with Crippen LogP contribution in [-0.2, 0) is 13.1 Å². The summed E-state index contributed by atoms with van der Waals surface area (Å²) in [7, 11) is 3.37. The molecule has 7 heteroatoms. The van der Waals surface area contributed by atoms with E-state index >= 15 is 0 Å². The Balaban J connectivity index is 0.00000210. The Bertz CT molecular complexity index is 886. The molecule has 1 fully saturated rings.